The van der Waals surface area contributed by atoms with Gasteiger partial charge >= 0.3 is 0 Å². The lowest BCUT2D eigenvalue weighted by atomic mass is 9.95. The number of piperazine rings is 1. The Balaban J connectivity index is 1.82. The van der Waals surface area contributed by atoms with Crippen LogP contribution in [0.5, 0.6) is 0 Å². The highest BCUT2D eigenvalue weighted by atomic mass is 32.2. The molecule has 4 nitrogen and oxygen atoms in total. The molecular formula is C15H24N2O2S. The fraction of sp³-hybridized carbons (Fsp3) is 0.867. The van der Waals surface area contributed by atoms with Gasteiger partial charge in [-0.25, -0.2) is 0 Å². The highest BCUT2D eigenvalue weighted by Crippen LogP contribution is 2.48. The summed E-state index contributed by atoms with van der Waals surface area (Å²) < 4.78 is 0.217. The van der Waals surface area contributed by atoms with Gasteiger partial charge in [0.25, 0.3) is 0 Å². The predicted molar refractivity (Wildman–Crippen MR) is 80.5 cm³/mol. The first kappa shape index (κ1) is 14.2. The first-order chi connectivity index (χ1) is 9.47. The summed E-state index contributed by atoms with van der Waals surface area (Å²) in [6.07, 6.45) is 6.59. The van der Waals surface area contributed by atoms with Gasteiger partial charge in [-0.2, -0.15) is 11.8 Å². The summed E-state index contributed by atoms with van der Waals surface area (Å²) in [5, 5.41) is 2.98. The molecule has 1 saturated heterocycles. The number of nitrogens with zero attached hydrogens (tertiary/aromatic N) is 1. The summed E-state index contributed by atoms with van der Waals surface area (Å²) >= 11 is 1.85. The molecule has 0 aromatic heterocycles. The second kappa shape index (κ2) is 4.93. The summed E-state index contributed by atoms with van der Waals surface area (Å²) in [4.78, 5) is 27.1. The smallest absolute Gasteiger partial charge is 0.246 e. The van der Waals surface area contributed by atoms with Crippen LogP contribution < -0.4 is 5.32 Å². The van der Waals surface area contributed by atoms with Crippen molar-refractivity contribution in [1.82, 2.24) is 10.2 Å². The average Bonchev–Trinajstić information content (AvgIpc) is 3.26. The Bertz CT molecular complexity index is 430. The number of hydrogen-bond donors (Lipinski definition) is 1. The Hall–Kier alpha value is -0.710. The van der Waals surface area contributed by atoms with Crippen molar-refractivity contribution in [3.8, 4) is 0 Å². The van der Waals surface area contributed by atoms with Gasteiger partial charge in [-0.3, -0.25) is 9.59 Å². The first-order valence-corrected chi connectivity index (χ1v) is 8.86. The number of hydrogen-bond acceptors (Lipinski definition) is 3. The second-order valence-electron chi connectivity index (χ2n) is 6.87. The van der Waals surface area contributed by atoms with Crippen molar-refractivity contribution in [2.45, 2.75) is 56.4 Å². The Labute approximate surface area is 125 Å². The van der Waals surface area contributed by atoms with Crippen molar-refractivity contribution in [2.24, 2.45) is 11.8 Å². The molecular weight excluding hydrogens is 272 g/mol. The van der Waals surface area contributed by atoms with Crippen LogP contribution in [-0.4, -0.2) is 46.3 Å². The van der Waals surface area contributed by atoms with E-state index in [-0.39, 0.29) is 34.6 Å². The van der Waals surface area contributed by atoms with E-state index < -0.39 is 0 Å². The van der Waals surface area contributed by atoms with Gasteiger partial charge in [0, 0.05) is 11.3 Å². The molecule has 0 aromatic carbocycles. The number of thioether (sulfide) groups is 1. The van der Waals surface area contributed by atoms with Crippen molar-refractivity contribution in [2.75, 3.05) is 12.8 Å². The summed E-state index contributed by atoms with van der Waals surface area (Å²) in [6, 6.07) is -0.544. The zero-order valence-corrected chi connectivity index (χ0v) is 13.3. The van der Waals surface area contributed by atoms with Gasteiger partial charge in [0.05, 0.1) is 0 Å². The normalized spacial score (nSPS) is 32.5. The monoisotopic (exact) mass is 296 g/mol. The van der Waals surface area contributed by atoms with Gasteiger partial charge in [0.15, 0.2) is 0 Å². The molecule has 3 rings (SSSR count). The molecule has 20 heavy (non-hydrogen) atoms. The lowest BCUT2D eigenvalue weighted by molar-refractivity contribution is -0.151. The van der Waals surface area contributed by atoms with E-state index in [1.807, 2.05) is 30.5 Å². The van der Waals surface area contributed by atoms with Crippen LogP contribution in [0.2, 0.25) is 0 Å². The van der Waals surface area contributed by atoms with E-state index in [0.717, 1.165) is 19.4 Å². The number of rotatable bonds is 5. The van der Waals surface area contributed by atoms with E-state index in [0.29, 0.717) is 5.92 Å². The highest BCUT2D eigenvalue weighted by Gasteiger charge is 2.52. The van der Waals surface area contributed by atoms with Crippen LogP contribution >= 0.6 is 11.8 Å². The standard InChI is InChI=1S/C15H24N2O2S/c1-9(2)12-13(18)16-11(10-4-5-10)14(19)17(12)8-15(20-3)6-7-15/h9-12H,4-8H2,1-3H3,(H,16,18). The van der Waals surface area contributed by atoms with Gasteiger partial charge in [-0.15, -0.1) is 0 Å². The van der Waals surface area contributed by atoms with E-state index >= 15 is 0 Å². The summed E-state index contributed by atoms with van der Waals surface area (Å²) in [7, 11) is 0. The fourth-order valence-corrected chi connectivity index (χ4v) is 4.00. The average molecular weight is 296 g/mol. The Morgan fingerprint density at radius 1 is 1.35 bits per heavy atom. The number of carbonyl (C=O) groups is 2. The van der Waals surface area contributed by atoms with Crippen molar-refractivity contribution >= 4 is 23.6 Å². The van der Waals surface area contributed by atoms with Gasteiger partial charge < -0.3 is 10.2 Å². The quantitative estimate of drug-likeness (QED) is 0.839. The first-order valence-electron chi connectivity index (χ1n) is 7.63. The van der Waals surface area contributed by atoms with Crippen LogP contribution in [0.3, 0.4) is 0 Å². The third-order valence-electron chi connectivity index (χ3n) is 4.88. The maximum atomic E-state index is 12.8. The molecule has 2 aliphatic carbocycles. The third-order valence-corrected chi connectivity index (χ3v) is 6.28. The largest absolute Gasteiger partial charge is 0.342 e. The molecule has 3 aliphatic rings. The van der Waals surface area contributed by atoms with Gasteiger partial charge in [-0.1, -0.05) is 13.8 Å². The minimum atomic E-state index is -0.290. The molecule has 0 radical (unpaired) electrons. The van der Waals surface area contributed by atoms with E-state index in [1.165, 1.54) is 12.8 Å². The SMILES string of the molecule is CSC1(CN2C(=O)C(C3CC3)NC(=O)C2C(C)C)CC1. The minimum absolute atomic E-state index is 0.0494. The molecule has 2 unspecified atom stereocenters. The number of carbonyl (C=O) groups excluding carboxylic acids is 2. The number of nitrogens with one attached hydrogen (secondary N) is 1. The molecule has 2 saturated carbocycles. The van der Waals surface area contributed by atoms with Crippen molar-refractivity contribution in [3.63, 3.8) is 0 Å². The summed E-state index contributed by atoms with van der Waals surface area (Å²) in [5.74, 6) is 0.753. The zero-order chi connectivity index (χ0) is 14.5. The van der Waals surface area contributed by atoms with E-state index in [4.69, 9.17) is 0 Å². The topological polar surface area (TPSA) is 49.4 Å². The Morgan fingerprint density at radius 2 is 2.00 bits per heavy atom. The van der Waals surface area contributed by atoms with Gasteiger partial charge in [0.1, 0.15) is 12.1 Å². The maximum Gasteiger partial charge on any atom is 0.246 e. The Morgan fingerprint density at radius 3 is 2.45 bits per heavy atom. The van der Waals surface area contributed by atoms with Crippen LogP contribution in [0.1, 0.15) is 39.5 Å². The molecule has 0 bridgehead atoms. The fourth-order valence-electron chi connectivity index (χ4n) is 3.22. The van der Waals surface area contributed by atoms with Crippen LogP contribution in [0.25, 0.3) is 0 Å². The lowest BCUT2D eigenvalue weighted by Crippen LogP contribution is -2.66. The third kappa shape index (κ3) is 2.45. The van der Waals surface area contributed by atoms with Gasteiger partial charge in [-0.05, 0) is 43.8 Å². The molecule has 3 fully saturated rings. The molecule has 1 aliphatic heterocycles. The predicted octanol–water partition coefficient (Wildman–Crippen LogP) is 1.64. The Kier molecular flexibility index (Phi) is 3.51. The molecule has 2 amide bonds. The van der Waals surface area contributed by atoms with Crippen LogP contribution in [-0.2, 0) is 9.59 Å². The van der Waals surface area contributed by atoms with Crippen LogP contribution in [0.4, 0.5) is 0 Å². The van der Waals surface area contributed by atoms with Gasteiger partial charge in [0.2, 0.25) is 11.8 Å². The highest BCUT2D eigenvalue weighted by molar-refractivity contribution is 8.00. The van der Waals surface area contributed by atoms with E-state index in [1.54, 1.807) is 0 Å². The van der Waals surface area contributed by atoms with Crippen molar-refractivity contribution in [3.05, 3.63) is 0 Å². The zero-order valence-electron chi connectivity index (χ0n) is 12.5. The van der Waals surface area contributed by atoms with Crippen LogP contribution in [0.15, 0.2) is 0 Å². The lowest BCUT2D eigenvalue weighted by Gasteiger charge is -2.42. The molecule has 5 heteroatoms. The molecule has 0 spiro atoms. The van der Waals surface area contributed by atoms with E-state index in [9.17, 15) is 9.59 Å². The van der Waals surface area contributed by atoms with Crippen molar-refractivity contribution in [1.29, 1.82) is 0 Å². The maximum absolute atomic E-state index is 12.8. The van der Waals surface area contributed by atoms with Crippen molar-refractivity contribution < 1.29 is 9.59 Å². The van der Waals surface area contributed by atoms with E-state index in [2.05, 4.69) is 11.6 Å². The summed E-state index contributed by atoms with van der Waals surface area (Å²) in [5.41, 5.74) is 0. The minimum Gasteiger partial charge on any atom is -0.342 e. The molecule has 112 valence electrons. The molecule has 1 N–H and O–H groups in total. The molecule has 0 aromatic rings. The molecule has 2 atom stereocenters. The molecule has 1 heterocycles. The number of amides is 2. The summed E-state index contributed by atoms with van der Waals surface area (Å²) in [6.45, 7) is 4.80. The second-order valence-corrected chi connectivity index (χ2v) is 8.14. The van der Waals surface area contributed by atoms with Crippen LogP contribution in [0, 0.1) is 11.8 Å².